The number of aliphatic hydroxyl groups excluding tert-OH is 1. The van der Waals surface area contributed by atoms with Gasteiger partial charge >= 0.3 is 0 Å². The van der Waals surface area contributed by atoms with Crippen LogP contribution in [0.5, 0.6) is 0 Å². The molecule has 4 aliphatic carbocycles. The van der Waals surface area contributed by atoms with Crippen molar-refractivity contribution in [3.63, 3.8) is 0 Å². The van der Waals surface area contributed by atoms with Crippen LogP contribution in [-0.4, -0.2) is 17.0 Å². The molecule has 2 heteroatoms. The first-order valence-corrected chi connectivity index (χ1v) is 11.4. The highest BCUT2D eigenvalue weighted by atomic mass is 16.3. The van der Waals surface area contributed by atoms with Crippen molar-refractivity contribution in [2.75, 3.05) is 0 Å². The first-order chi connectivity index (χ1) is 13.4. The molecule has 2 nitrogen and oxygen atoms in total. The fraction of sp³-hybridized carbons (Fsp3) is 0.654. The molecule has 1 aromatic carbocycles. The molecule has 4 aliphatic rings. The summed E-state index contributed by atoms with van der Waals surface area (Å²) in [4.78, 5) is 13.4. The lowest BCUT2D eigenvalue weighted by Gasteiger charge is -2.59. The van der Waals surface area contributed by atoms with Crippen molar-refractivity contribution in [2.24, 2.45) is 34.5 Å². The Balaban J connectivity index is 1.45. The van der Waals surface area contributed by atoms with Crippen LogP contribution in [0, 0.1) is 34.5 Å². The van der Waals surface area contributed by atoms with Gasteiger partial charge in [0.1, 0.15) is 0 Å². The van der Waals surface area contributed by atoms with Gasteiger partial charge in [0, 0.05) is 5.41 Å². The standard InChI is InChI=1S/C26H34O2/c1-25-12-10-20(27)16-19(25)8-9-21-22(25)11-13-26(2)23(21)15-18(24(26)28)14-17-6-4-3-5-7-17/h3-7,14,19-23,27H,8-13,15-16H2,1-2H3/b18-14+/t19-,20?,21?,22?,23?,25?,26?/m0/s1. The van der Waals surface area contributed by atoms with Crippen LogP contribution >= 0.6 is 0 Å². The number of benzene rings is 1. The summed E-state index contributed by atoms with van der Waals surface area (Å²) in [5.41, 5.74) is 2.43. The van der Waals surface area contributed by atoms with Crippen LogP contribution in [0.4, 0.5) is 0 Å². The largest absolute Gasteiger partial charge is 0.393 e. The summed E-state index contributed by atoms with van der Waals surface area (Å²) in [5.74, 6) is 3.03. The smallest absolute Gasteiger partial charge is 0.165 e. The van der Waals surface area contributed by atoms with Gasteiger partial charge in [0.2, 0.25) is 0 Å². The van der Waals surface area contributed by atoms with Gasteiger partial charge in [-0.2, -0.15) is 0 Å². The molecule has 6 unspecified atom stereocenters. The van der Waals surface area contributed by atoms with E-state index in [1.54, 1.807) is 0 Å². The van der Waals surface area contributed by atoms with E-state index in [0.29, 0.717) is 29.0 Å². The zero-order valence-electron chi connectivity index (χ0n) is 17.4. The fourth-order valence-electron chi connectivity index (χ4n) is 7.79. The summed E-state index contributed by atoms with van der Waals surface area (Å²) in [6, 6.07) is 10.3. The number of hydrogen-bond donors (Lipinski definition) is 1. The number of allylic oxidation sites excluding steroid dienone is 1. The molecule has 1 N–H and O–H groups in total. The van der Waals surface area contributed by atoms with E-state index in [4.69, 9.17) is 0 Å². The van der Waals surface area contributed by atoms with Crippen LogP contribution in [0.1, 0.15) is 70.8 Å². The van der Waals surface area contributed by atoms with Crippen molar-refractivity contribution >= 4 is 11.9 Å². The molecule has 150 valence electrons. The van der Waals surface area contributed by atoms with E-state index < -0.39 is 0 Å². The van der Waals surface area contributed by atoms with Crippen molar-refractivity contribution in [3.8, 4) is 0 Å². The van der Waals surface area contributed by atoms with Gasteiger partial charge in [-0.15, -0.1) is 0 Å². The molecule has 0 bridgehead atoms. The predicted octanol–water partition coefficient (Wildman–Crippen LogP) is 5.65. The Bertz CT molecular complexity index is 796. The number of hydrogen-bond acceptors (Lipinski definition) is 2. The molecule has 5 rings (SSSR count). The lowest BCUT2D eigenvalue weighted by Crippen LogP contribution is -2.54. The average Bonchev–Trinajstić information content (AvgIpc) is 2.94. The minimum absolute atomic E-state index is 0.0862. The Morgan fingerprint density at radius 3 is 2.57 bits per heavy atom. The molecule has 28 heavy (non-hydrogen) atoms. The SMILES string of the molecule is CC12CCC3C(CC[C@H]4CC(O)CCC34C)C1C/C(=C\c1ccccc1)C2=O. The summed E-state index contributed by atoms with van der Waals surface area (Å²) in [6.45, 7) is 4.78. The predicted molar refractivity (Wildman–Crippen MR) is 113 cm³/mol. The first kappa shape index (κ1) is 18.6. The summed E-state index contributed by atoms with van der Waals surface area (Å²) in [5, 5.41) is 10.2. The molecule has 0 aliphatic heterocycles. The zero-order chi connectivity index (χ0) is 19.5. The van der Waals surface area contributed by atoms with Crippen molar-refractivity contribution < 1.29 is 9.90 Å². The Hall–Kier alpha value is -1.41. The van der Waals surface area contributed by atoms with E-state index in [9.17, 15) is 9.90 Å². The molecule has 7 atom stereocenters. The van der Waals surface area contributed by atoms with Crippen LogP contribution in [0.2, 0.25) is 0 Å². The van der Waals surface area contributed by atoms with Gasteiger partial charge in [0.15, 0.2) is 5.78 Å². The maximum atomic E-state index is 13.4. The van der Waals surface area contributed by atoms with Gasteiger partial charge < -0.3 is 5.11 Å². The van der Waals surface area contributed by atoms with Crippen LogP contribution in [0.25, 0.3) is 6.08 Å². The van der Waals surface area contributed by atoms with Gasteiger partial charge in [-0.1, -0.05) is 44.2 Å². The Kier molecular flexibility index (Phi) is 4.36. The summed E-state index contributed by atoms with van der Waals surface area (Å²) in [7, 11) is 0. The molecule has 4 fully saturated rings. The van der Waals surface area contributed by atoms with E-state index in [1.807, 2.05) is 6.07 Å². The quantitative estimate of drug-likeness (QED) is 0.641. The van der Waals surface area contributed by atoms with Gasteiger partial charge in [-0.25, -0.2) is 0 Å². The average molecular weight is 379 g/mol. The molecule has 0 amide bonds. The molecule has 1 aromatic rings. The van der Waals surface area contributed by atoms with Gasteiger partial charge in [-0.05, 0) is 97.7 Å². The van der Waals surface area contributed by atoms with E-state index in [2.05, 4.69) is 44.2 Å². The molecule has 0 heterocycles. The van der Waals surface area contributed by atoms with Crippen LogP contribution in [0.3, 0.4) is 0 Å². The molecular formula is C26H34O2. The number of rotatable bonds is 1. The summed E-state index contributed by atoms with van der Waals surface area (Å²) < 4.78 is 0. The third kappa shape index (κ3) is 2.67. The summed E-state index contributed by atoms with van der Waals surface area (Å²) >= 11 is 0. The number of ketones is 1. The highest BCUT2D eigenvalue weighted by Gasteiger charge is 2.61. The van der Waals surface area contributed by atoms with Crippen molar-refractivity contribution in [1.82, 2.24) is 0 Å². The molecule has 0 spiro atoms. The Labute approximate surface area is 169 Å². The molecule has 0 radical (unpaired) electrons. The number of Topliss-reactive ketones (excluding diaryl/α,β-unsaturated/α-hetero) is 1. The lowest BCUT2D eigenvalue weighted by molar-refractivity contribution is -0.141. The van der Waals surface area contributed by atoms with Gasteiger partial charge in [-0.3, -0.25) is 4.79 Å². The highest BCUT2D eigenvalue weighted by molar-refractivity contribution is 6.05. The minimum atomic E-state index is -0.154. The lowest BCUT2D eigenvalue weighted by atomic mass is 9.45. The second-order valence-electron chi connectivity index (χ2n) is 10.7. The third-order valence-electron chi connectivity index (χ3n) is 9.42. The monoisotopic (exact) mass is 378 g/mol. The van der Waals surface area contributed by atoms with E-state index in [-0.39, 0.29) is 11.5 Å². The van der Waals surface area contributed by atoms with Crippen molar-refractivity contribution in [2.45, 2.75) is 71.3 Å². The Morgan fingerprint density at radius 2 is 1.79 bits per heavy atom. The van der Waals surface area contributed by atoms with Crippen molar-refractivity contribution in [3.05, 3.63) is 41.5 Å². The molecule has 0 aromatic heterocycles. The third-order valence-corrected chi connectivity index (χ3v) is 9.42. The number of carbonyl (C=O) groups is 1. The maximum absolute atomic E-state index is 13.4. The molecule has 4 saturated carbocycles. The fourth-order valence-corrected chi connectivity index (χ4v) is 7.79. The van der Waals surface area contributed by atoms with Gasteiger partial charge in [0.25, 0.3) is 0 Å². The second kappa shape index (κ2) is 6.55. The first-order valence-electron chi connectivity index (χ1n) is 11.4. The molecule has 0 saturated heterocycles. The Morgan fingerprint density at radius 1 is 1.00 bits per heavy atom. The number of fused-ring (bicyclic) bond motifs is 5. The van der Waals surface area contributed by atoms with E-state index in [0.717, 1.165) is 42.7 Å². The van der Waals surface area contributed by atoms with Crippen molar-refractivity contribution in [1.29, 1.82) is 0 Å². The zero-order valence-corrected chi connectivity index (χ0v) is 17.4. The summed E-state index contributed by atoms with van der Waals surface area (Å²) in [6.07, 6.45) is 10.9. The van der Waals surface area contributed by atoms with Crippen LogP contribution < -0.4 is 0 Å². The van der Waals surface area contributed by atoms with Crippen LogP contribution in [0.15, 0.2) is 35.9 Å². The minimum Gasteiger partial charge on any atom is -0.393 e. The second-order valence-corrected chi connectivity index (χ2v) is 10.7. The number of carbonyl (C=O) groups excluding carboxylic acids is 1. The topological polar surface area (TPSA) is 37.3 Å². The van der Waals surface area contributed by atoms with Crippen LogP contribution in [-0.2, 0) is 4.79 Å². The maximum Gasteiger partial charge on any atom is 0.165 e. The molecular weight excluding hydrogens is 344 g/mol. The highest BCUT2D eigenvalue weighted by Crippen LogP contribution is 2.66. The van der Waals surface area contributed by atoms with E-state index >= 15 is 0 Å². The van der Waals surface area contributed by atoms with E-state index in [1.165, 1.54) is 25.7 Å². The van der Waals surface area contributed by atoms with Gasteiger partial charge in [0.05, 0.1) is 6.10 Å². The number of aliphatic hydroxyl groups is 1. The normalized spacial score (nSPS) is 46.8.